The van der Waals surface area contributed by atoms with Gasteiger partial charge in [-0.05, 0) is 36.4 Å². The van der Waals surface area contributed by atoms with E-state index in [1.165, 1.54) is 12.3 Å². The molecule has 0 fully saturated rings. The van der Waals surface area contributed by atoms with Crippen LogP contribution >= 0.6 is 0 Å². The number of hydrogen-bond donors (Lipinski definition) is 0. The van der Waals surface area contributed by atoms with E-state index in [2.05, 4.69) is 15.0 Å². The predicted molar refractivity (Wildman–Crippen MR) is 113 cm³/mol. The van der Waals surface area contributed by atoms with Gasteiger partial charge in [0.2, 0.25) is 0 Å². The van der Waals surface area contributed by atoms with Gasteiger partial charge in [-0.2, -0.15) is 13.2 Å². The second-order valence-corrected chi connectivity index (χ2v) is 6.90. The van der Waals surface area contributed by atoms with Crippen molar-refractivity contribution >= 4 is 16.7 Å². The van der Waals surface area contributed by atoms with Crippen molar-refractivity contribution in [2.45, 2.75) is 6.18 Å². The summed E-state index contributed by atoms with van der Waals surface area (Å²) in [5, 5.41) is 0.324. The van der Waals surface area contributed by atoms with Crippen LogP contribution in [0.4, 0.5) is 19.0 Å². The highest BCUT2D eigenvalue weighted by Gasteiger charge is 2.34. The Morgan fingerprint density at radius 3 is 2.45 bits per heavy atom. The number of ether oxygens (including phenoxy) is 1. The van der Waals surface area contributed by atoms with Gasteiger partial charge in [-0.15, -0.1) is 0 Å². The largest absolute Gasteiger partial charge is 0.492 e. The topological polar surface area (TPSA) is 51.1 Å². The van der Waals surface area contributed by atoms with Crippen LogP contribution in [0.1, 0.15) is 5.56 Å². The minimum absolute atomic E-state index is 0.144. The van der Waals surface area contributed by atoms with Crippen molar-refractivity contribution in [3.8, 4) is 17.1 Å². The summed E-state index contributed by atoms with van der Waals surface area (Å²) < 4.78 is 46.7. The van der Waals surface area contributed by atoms with Gasteiger partial charge in [0, 0.05) is 30.4 Å². The Hall–Kier alpha value is -3.68. The average molecular weight is 424 g/mol. The molecule has 2 aromatic carbocycles. The van der Waals surface area contributed by atoms with Gasteiger partial charge in [-0.1, -0.05) is 24.3 Å². The predicted octanol–water partition coefficient (Wildman–Crippen LogP) is 5.23. The van der Waals surface area contributed by atoms with E-state index in [0.717, 1.165) is 11.8 Å². The first-order valence-corrected chi connectivity index (χ1v) is 9.61. The van der Waals surface area contributed by atoms with Crippen LogP contribution in [0, 0.1) is 0 Å². The maximum Gasteiger partial charge on any atom is 0.418 e. The van der Waals surface area contributed by atoms with E-state index in [4.69, 9.17) is 4.74 Å². The number of rotatable bonds is 6. The molecular formula is C23H19F3N4O. The average Bonchev–Trinajstić information content (AvgIpc) is 2.78. The Morgan fingerprint density at radius 2 is 1.74 bits per heavy atom. The maximum absolute atomic E-state index is 13.7. The Labute approximate surface area is 177 Å². The summed E-state index contributed by atoms with van der Waals surface area (Å²) in [6.45, 7) is 0.761. The molecule has 2 aromatic heterocycles. The van der Waals surface area contributed by atoms with Crippen LogP contribution in [0.5, 0.6) is 5.75 Å². The Morgan fingerprint density at radius 1 is 0.935 bits per heavy atom. The molecule has 0 atom stereocenters. The molecule has 8 heteroatoms. The van der Waals surface area contributed by atoms with Gasteiger partial charge in [0.15, 0.2) is 5.82 Å². The molecule has 0 saturated heterocycles. The van der Waals surface area contributed by atoms with Gasteiger partial charge < -0.3 is 9.64 Å². The molecule has 0 spiro atoms. The summed E-state index contributed by atoms with van der Waals surface area (Å²) in [7, 11) is 1.77. The Bertz CT molecular complexity index is 1170. The second-order valence-electron chi connectivity index (χ2n) is 6.90. The number of para-hydroxylation sites is 2. The molecule has 2 heterocycles. The van der Waals surface area contributed by atoms with Crippen LogP contribution < -0.4 is 9.64 Å². The van der Waals surface area contributed by atoms with Crippen LogP contribution in [-0.2, 0) is 6.18 Å². The van der Waals surface area contributed by atoms with Gasteiger partial charge in [0.05, 0.1) is 17.6 Å². The number of fused-ring (bicyclic) bond motifs is 1. The van der Waals surface area contributed by atoms with E-state index < -0.39 is 11.7 Å². The summed E-state index contributed by atoms with van der Waals surface area (Å²) in [6, 6.07) is 16.7. The van der Waals surface area contributed by atoms with Crippen LogP contribution in [0.25, 0.3) is 22.3 Å². The number of aromatic nitrogens is 3. The van der Waals surface area contributed by atoms with Crippen molar-refractivity contribution in [3.63, 3.8) is 0 Å². The second kappa shape index (κ2) is 8.59. The summed E-state index contributed by atoms with van der Waals surface area (Å²) in [5.41, 5.74) is -0.404. The van der Waals surface area contributed by atoms with Gasteiger partial charge >= 0.3 is 6.18 Å². The zero-order valence-electron chi connectivity index (χ0n) is 16.7. The fourth-order valence-electron chi connectivity index (χ4n) is 3.20. The standard InChI is InChI=1S/C23H19F3N4O/c1-30(13-14-31-17-8-3-2-4-9-17)22-18-10-5-11-19(23(24,25)26)20(18)28-21(29-22)16-7-6-12-27-15-16/h2-12,15H,13-14H2,1H3. The lowest BCUT2D eigenvalue weighted by Crippen LogP contribution is -2.25. The number of alkyl halides is 3. The monoisotopic (exact) mass is 424 g/mol. The third-order valence-corrected chi connectivity index (χ3v) is 4.73. The summed E-state index contributed by atoms with van der Waals surface area (Å²) in [5.74, 6) is 1.30. The van der Waals surface area contributed by atoms with Crippen molar-refractivity contribution in [2.24, 2.45) is 0 Å². The van der Waals surface area contributed by atoms with Crippen LogP contribution in [0.15, 0.2) is 73.1 Å². The molecular weight excluding hydrogens is 405 g/mol. The maximum atomic E-state index is 13.7. The summed E-state index contributed by atoms with van der Waals surface area (Å²) in [6.07, 6.45) is -1.42. The Kier molecular flexibility index (Phi) is 5.70. The molecule has 4 rings (SSSR count). The van der Waals surface area contributed by atoms with E-state index in [-0.39, 0.29) is 11.3 Å². The summed E-state index contributed by atoms with van der Waals surface area (Å²) >= 11 is 0. The molecule has 0 aliphatic rings. The van der Waals surface area contributed by atoms with Gasteiger partial charge in [0.25, 0.3) is 0 Å². The first kappa shape index (κ1) is 20.6. The molecule has 4 aromatic rings. The number of halogens is 3. The highest BCUT2D eigenvalue weighted by atomic mass is 19.4. The van der Waals surface area contributed by atoms with E-state index in [1.54, 1.807) is 36.3 Å². The number of benzene rings is 2. The molecule has 0 unspecified atom stereocenters. The lowest BCUT2D eigenvalue weighted by molar-refractivity contribution is -0.136. The van der Waals surface area contributed by atoms with Crippen molar-refractivity contribution in [1.82, 2.24) is 15.0 Å². The quantitative estimate of drug-likeness (QED) is 0.425. The van der Waals surface area contributed by atoms with Crippen molar-refractivity contribution in [2.75, 3.05) is 25.1 Å². The van der Waals surface area contributed by atoms with Crippen LogP contribution in [0.2, 0.25) is 0 Å². The molecule has 0 N–H and O–H groups in total. The van der Waals surface area contributed by atoms with E-state index in [1.807, 2.05) is 30.3 Å². The normalized spacial score (nSPS) is 11.5. The molecule has 5 nitrogen and oxygen atoms in total. The highest BCUT2D eigenvalue weighted by Crippen LogP contribution is 2.37. The van der Waals surface area contributed by atoms with Gasteiger partial charge in [-0.25, -0.2) is 9.97 Å². The first-order chi connectivity index (χ1) is 14.9. The SMILES string of the molecule is CN(CCOc1ccccc1)c1nc(-c2cccnc2)nc2c(C(F)(F)F)cccc12. The Balaban J connectivity index is 1.74. The molecule has 0 saturated carbocycles. The molecule has 0 amide bonds. The van der Waals surface area contributed by atoms with E-state index >= 15 is 0 Å². The van der Waals surface area contributed by atoms with Crippen LogP contribution in [-0.4, -0.2) is 35.2 Å². The van der Waals surface area contributed by atoms with Gasteiger partial charge in [-0.3, -0.25) is 4.98 Å². The van der Waals surface area contributed by atoms with Crippen molar-refractivity contribution in [3.05, 3.63) is 78.6 Å². The number of hydrogen-bond acceptors (Lipinski definition) is 5. The lowest BCUT2D eigenvalue weighted by atomic mass is 10.1. The number of nitrogens with zero attached hydrogens (tertiary/aromatic N) is 4. The first-order valence-electron chi connectivity index (χ1n) is 9.61. The van der Waals surface area contributed by atoms with Crippen molar-refractivity contribution in [1.29, 1.82) is 0 Å². The summed E-state index contributed by atoms with van der Waals surface area (Å²) in [4.78, 5) is 14.6. The van der Waals surface area contributed by atoms with Crippen molar-refractivity contribution < 1.29 is 17.9 Å². The molecule has 0 aliphatic carbocycles. The molecule has 158 valence electrons. The van der Waals surface area contributed by atoms with Gasteiger partial charge in [0.1, 0.15) is 18.2 Å². The molecule has 0 aliphatic heterocycles. The van der Waals surface area contributed by atoms with Crippen LogP contribution in [0.3, 0.4) is 0 Å². The third-order valence-electron chi connectivity index (χ3n) is 4.73. The third kappa shape index (κ3) is 4.58. The molecule has 0 radical (unpaired) electrons. The fourth-order valence-corrected chi connectivity index (χ4v) is 3.20. The minimum Gasteiger partial charge on any atom is -0.492 e. The zero-order chi connectivity index (χ0) is 21.8. The lowest BCUT2D eigenvalue weighted by Gasteiger charge is -2.22. The number of pyridine rings is 1. The van der Waals surface area contributed by atoms with E-state index in [0.29, 0.717) is 29.9 Å². The van der Waals surface area contributed by atoms with E-state index in [9.17, 15) is 13.2 Å². The molecule has 0 bridgehead atoms. The minimum atomic E-state index is -4.54. The zero-order valence-corrected chi connectivity index (χ0v) is 16.7. The molecule has 31 heavy (non-hydrogen) atoms. The number of anilines is 1. The fraction of sp³-hybridized carbons (Fsp3) is 0.174. The highest BCUT2D eigenvalue weighted by molar-refractivity contribution is 5.93. The smallest absolute Gasteiger partial charge is 0.418 e. The number of likely N-dealkylation sites (N-methyl/N-ethyl adjacent to an activating group) is 1.